The van der Waals surface area contributed by atoms with Crippen LogP contribution in [-0.2, 0) is 38.4 Å². The molecule has 0 saturated heterocycles. The minimum absolute atomic E-state index is 0.170. The van der Waals surface area contributed by atoms with Gasteiger partial charge in [0, 0.05) is 52.4 Å². The largest absolute Gasteiger partial charge is 0.469 e. The Morgan fingerprint density at radius 2 is 1.16 bits per heavy atom. The van der Waals surface area contributed by atoms with Crippen molar-refractivity contribution in [3.05, 3.63) is 101 Å². The predicted octanol–water partition coefficient (Wildman–Crippen LogP) is 9.73. The van der Waals surface area contributed by atoms with Crippen LogP contribution in [0.5, 0.6) is 0 Å². The quantitative estimate of drug-likeness (QED) is 0.0701. The van der Waals surface area contributed by atoms with Crippen molar-refractivity contribution >= 4 is 92.6 Å². The van der Waals surface area contributed by atoms with Crippen LogP contribution in [0.25, 0.3) is 40.6 Å². The first-order valence-electron chi connectivity index (χ1n) is 16.9. The number of carbonyl (C=O) groups is 2. The fourth-order valence-corrected chi connectivity index (χ4v) is 8.27. The Morgan fingerprint density at radius 3 is 1.75 bits per heavy atom. The second kappa shape index (κ2) is 17.5. The van der Waals surface area contributed by atoms with Crippen LogP contribution in [0.3, 0.4) is 0 Å². The summed E-state index contributed by atoms with van der Waals surface area (Å²) in [6, 6.07) is 26.8. The van der Waals surface area contributed by atoms with Crippen molar-refractivity contribution in [2.45, 2.75) is 57.9 Å². The van der Waals surface area contributed by atoms with E-state index < -0.39 is 0 Å². The van der Waals surface area contributed by atoms with Crippen molar-refractivity contribution < 1.29 is 19.1 Å². The van der Waals surface area contributed by atoms with Gasteiger partial charge in [-0.25, -0.2) is 19.9 Å². The van der Waals surface area contributed by atoms with Gasteiger partial charge in [0.1, 0.15) is 32.3 Å². The molecule has 4 aromatic heterocycles. The van der Waals surface area contributed by atoms with Crippen molar-refractivity contribution in [1.82, 2.24) is 19.9 Å². The smallest absolute Gasteiger partial charge is 0.305 e. The third kappa shape index (κ3) is 9.15. The molecular formula is C39H38ClN5O4S2. The van der Waals surface area contributed by atoms with Gasteiger partial charge in [-0.3, -0.25) is 9.59 Å². The molecule has 0 atom stereocenters. The maximum Gasteiger partial charge on any atom is 0.305 e. The molecule has 1 N–H and O–H groups in total. The van der Waals surface area contributed by atoms with Gasteiger partial charge in [0.2, 0.25) is 0 Å². The molecule has 3 aromatic carbocycles. The van der Waals surface area contributed by atoms with Gasteiger partial charge >= 0.3 is 11.9 Å². The Kier molecular flexibility index (Phi) is 12.4. The molecular weight excluding hydrogens is 702 g/mol. The van der Waals surface area contributed by atoms with E-state index in [1.165, 1.54) is 29.9 Å². The molecule has 0 saturated carbocycles. The molecule has 0 bridgehead atoms. The van der Waals surface area contributed by atoms with Crippen LogP contribution in [0.15, 0.2) is 78.9 Å². The number of anilines is 1. The monoisotopic (exact) mass is 739 g/mol. The van der Waals surface area contributed by atoms with E-state index in [0.29, 0.717) is 31.0 Å². The highest BCUT2D eigenvalue weighted by atomic mass is 35.5. The zero-order valence-corrected chi connectivity index (χ0v) is 30.9. The zero-order valence-electron chi connectivity index (χ0n) is 28.5. The van der Waals surface area contributed by atoms with E-state index in [4.69, 9.17) is 26.3 Å². The third-order valence-electron chi connectivity index (χ3n) is 8.35. The summed E-state index contributed by atoms with van der Waals surface area (Å²) in [6.07, 6.45) is 5.52. The van der Waals surface area contributed by atoms with Gasteiger partial charge in [-0.2, -0.15) is 0 Å². The number of benzene rings is 3. The molecule has 51 heavy (non-hydrogen) atoms. The number of esters is 2. The van der Waals surface area contributed by atoms with Crippen LogP contribution in [0.2, 0.25) is 5.15 Å². The van der Waals surface area contributed by atoms with E-state index in [-0.39, 0.29) is 11.9 Å². The number of aryl methyl sites for hydroxylation is 2. The Bertz CT molecular complexity index is 2280. The maximum absolute atomic E-state index is 11.3. The van der Waals surface area contributed by atoms with Crippen molar-refractivity contribution in [3.8, 4) is 0 Å². The number of hydrogen-bond acceptors (Lipinski definition) is 11. The Hall–Kier alpha value is -4.71. The van der Waals surface area contributed by atoms with Crippen LogP contribution >= 0.6 is 34.3 Å². The highest BCUT2D eigenvalue weighted by Gasteiger charge is 2.15. The number of methoxy groups -OCH3 is 2. The third-order valence-corrected chi connectivity index (χ3v) is 10.7. The molecule has 7 rings (SSSR count). The number of nitrogens with zero attached hydrogens (tertiary/aromatic N) is 4. The Labute approximate surface area is 309 Å². The normalized spacial score (nSPS) is 11.1. The predicted molar refractivity (Wildman–Crippen MR) is 208 cm³/mol. The lowest BCUT2D eigenvalue weighted by atomic mass is 10.1. The minimum atomic E-state index is -0.182. The summed E-state index contributed by atoms with van der Waals surface area (Å²) >= 11 is 9.67. The van der Waals surface area contributed by atoms with Gasteiger partial charge in [0.05, 0.1) is 25.0 Å². The average molecular weight is 740 g/mol. The SMILES string of the molecule is COC(=O)CCCCc1nc(Cl)c2c(n1)sc1ccccc12.COC(=O)CCCCc1nc(NCc2ccccc2)c2c(n1)sc1ccccc12. The highest BCUT2D eigenvalue weighted by molar-refractivity contribution is 7.26. The number of aromatic nitrogens is 4. The molecule has 9 nitrogen and oxygen atoms in total. The number of ether oxygens (including phenoxy) is 2. The molecule has 0 unspecified atom stereocenters. The molecule has 0 fully saturated rings. The van der Waals surface area contributed by atoms with Crippen LogP contribution in [-0.4, -0.2) is 46.1 Å². The van der Waals surface area contributed by atoms with E-state index in [9.17, 15) is 9.59 Å². The van der Waals surface area contributed by atoms with Gasteiger partial charge in [-0.1, -0.05) is 78.3 Å². The van der Waals surface area contributed by atoms with E-state index in [0.717, 1.165) is 80.1 Å². The number of rotatable bonds is 13. The fourth-order valence-electron chi connectivity index (χ4n) is 5.73. The zero-order chi connectivity index (χ0) is 35.6. The van der Waals surface area contributed by atoms with E-state index >= 15 is 0 Å². The van der Waals surface area contributed by atoms with Crippen LogP contribution in [0.4, 0.5) is 5.82 Å². The summed E-state index contributed by atoms with van der Waals surface area (Å²) in [4.78, 5) is 43.0. The fraction of sp³-hybridized carbons (Fsp3) is 0.282. The van der Waals surface area contributed by atoms with Crippen LogP contribution in [0, 0.1) is 0 Å². The number of fused-ring (bicyclic) bond motifs is 6. The molecule has 0 radical (unpaired) electrons. The first kappa shape index (κ1) is 36.1. The summed E-state index contributed by atoms with van der Waals surface area (Å²) in [5.74, 6) is 2.06. The van der Waals surface area contributed by atoms with E-state index in [1.54, 1.807) is 22.7 Å². The first-order chi connectivity index (χ1) is 24.9. The number of thiophene rings is 2. The highest BCUT2D eigenvalue weighted by Crippen LogP contribution is 2.37. The molecule has 0 aliphatic heterocycles. The topological polar surface area (TPSA) is 116 Å². The summed E-state index contributed by atoms with van der Waals surface area (Å²) < 4.78 is 11.7. The Balaban J connectivity index is 0.000000183. The lowest BCUT2D eigenvalue weighted by Gasteiger charge is -2.10. The number of halogens is 1. The number of unbranched alkanes of at least 4 members (excludes halogenated alkanes) is 2. The average Bonchev–Trinajstić information content (AvgIpc) is 3.73. The standard InChI is InChI=1S/C23H23N3O2S.C16H15ClN2O2S/c1-28-20(27)14-8-7-13-19-25-22(24-15-16-9-3-2-4-10-16)21-17-11-5-6-12-18(17)29-23(21)26-19;1-21-13(20)9-5-4-8-12-18-15(17)14-10-6-2-3-7-11(10)22-16(14)19-12/h2-6,9-12H,7-8,13-15H2,1H3,(H,24,25,26);2-3,6-7H,4-5,8-9H2,1H3. The summed E-state index contributed by atoms with van der Waals surface area (Å²) in [7, 11) is 2.83. The molecule has 12 heteroatoms. The maximum atomic E-state index is 11.3. The van der Waals surface area contributed by atoms with Gasteiger partial charge < -0.3 is 14.8 Å². The first-order valence-corrected chi connectivity index (χ1v) is 18.9. The van der Waals surface area contributed by atoms with Gasteiger partial charge in [0.15, 0.2) is 0 Å². The molecule has 7 aromatic rings. The summed E-state index contributed by atoms with van der Waals surface area (Å²) in [6.45, 7) is 0.707. The van der Waals surface area contributed by atoms with E-state index in [2.05, 4.69) is 62.5 Å². The van der Waals surface area contributed by atoms with Crippen molar-refractivity contribution in [2.75, 3.05) is 19.5 Å². The Morgan fingerprint density at radius 1 is 0.647 bits per heavy atom. The second-order valence-corrected chi connectivity index (χ2v) is 14.3. The summed E-state index contributed by atoms with van der Waals surface area (Å²) in [5, 5.41) is 8.32. The number of hydrogen-bond donors (Lipinski definition) is 1. The van der Waals surface area contributed by atoms with Gasteiger partial charge in [0.25, 0.3) is 0 Å². The van der Waals surface area contributed by atoms with Crippen LogP contribution < -0.4 is 5.32 Å². The van der Waals surface area contributed by atoms with Crippen LogP contribution in [0.1, 0.15) is 55.7 Å². The summed E-state index contributed by atoms with van der Waals surface area (Å²) in [5.41, 5.74) is 1.21. The molecule has 0 aliphatic rings. The lowest BCUT2D eigenvalue weighted by Crippen LogP contribution is -2.05. The van der Waals surface area contributed by atoms with E-state index in [1.807, 2.05) is 36.4 Å². The molecule has 0 amide bonds. The molecule has 262 valence electrons. The van der Waals surface area contributed by atoms with Crippen molar-refractivity contribution in [1.29, 1.82) is 0 Å². The molecule has 0 aliphatic carbocycles. The minimum Gasteiger partial charge on any atom is -0.469 e. The molecule has 4 heterocycles. The van der Waals surface area contributed by atoms with Gasteiger partial charge in [-0.05, 0) is 43.4 Å². The molecule has 0 spiro atoms. The van der Waals surface area contributed by atoms with Crippen molar-refractivity contribution in [3.63, 3.8) is 0 Å². The lowest BCUT2D eigenvalue weighted by molar-refractivity contribution is -0.141. The van der Waals surface area contributed by atoms with Crippen molar-refractivity contribution in [2.24, 2.45) is 0 Å². The number of nitrogens with one attached hydrogen (secondary N) is 1. The number of carbonyl (C=O) groups excluding carboxylic acids is 2. The van der Waals surface area contributed by atoms with Gasteiger partial charge in [-0.15, -0.1) is 22.7 Å². The second-order valence-electron chi connectivity index (χ2n) is 11.9.